The Bertz CT molecular complexity index is 546. The van der Waals surface area contributed by atoms with Crippen molar-refractivity contribution in [2.45, 2.75) is 26.2 Å². The number of fused-ring (bicyclic) bond motifs is 2. The number of aromatic nitrogens is 1. The van der Waals surface area contributed by atoms with Gasteiger partial charge in [-0.05, 0) is 36.6 Å². The monoisotopic (exact) mass is 226 g/mol. The predicted molar refractivity (Wildman–Crippen MR) is 71.4 cm³/mol. The average molecular weight is 226 g/mol. The minimum atomic E-state index is 1.06. The molecule has 0 unspecified atom stereocenters. The van der Waals surface area contributed by atoms with E-state index >= 15 is 0 Å². The van der Waals surface area contributed by atoms with Gasteiger partial charge in [0, 0.05) is 24.0 Å². The third-order valence-corrected chi connectivity index (χ3v) is 3.59. The molecular formula is C15H18N2. The molecule has 1 aliphatic heterocycles. The predicted octanol–water partition coefficient (Wildman–Crippen LogP) is 2.49. The largest absolute Gasteiger partial charge is 0.316 e. The van der Waals surface area contributed by atoms with Crippen molar-refractivity contribution in [2.24, 2.45) is 0 Å². The molecule has 2 aromatic rings. The van der Waals surface area contributed by atoms with Gasteiger partial charge >= 0.3 is 0 Å². The maximum absolute atomic E-state index is 4.91. The summed E-state index contributed by atoms with van der Waals surface area (Å²) in [7, 11) is 0. The molecule has 1 aliphatic rings. The van der Waals surface area contributed by atoms with E-state index in [0.717, 1.165) is 32.4 Å². The van der Waals surface area contributed by atoms with Crippen LogP contribution in [0.4, 0.5) is 0 Å². The molecule has 17 heavy (non-hydrogen) atoms. The first kappa shape index (κ1) is 10.7. The molecule has 1 aromatic heterocycles. The van der Waals surface area contributed by atoms with E-state index in [2.05, 4.69) is 36.5 Å². The van der Waals surface area contributed by atoms with Crippen LogP contribution in [0.3, 0.4) is 0 Å². The van der Waals surface area contributed by atoms with E-state index in [1.807, 2.05) is 0 Å². The first-order chi connectivity index (χ1) is 8.38. The second-order valence-corrected chi connectivity index (χ2v) is 4.69. The van der Waals surface area contributed by atoms with Crippen LogP contribution in [0.15, 0.2) is 24.3 Å². The van der Waals surface area contributed by atoms with Gasteiger partial charge in [0.1, 0.15) is 0 Å². The molecule has 2 heteroatoms. The van der Waals surface area contributed by atoms with Gasteiger partial charge in [-0.3, -0.25) is 4.98 Å². The molecular weight excluding hydrogens is 208 g/mol. The molecule has 0 saturated heterocycles. The van der Waals surface area contributed by atoms with Crippen LogP contribution in [-0.4, -0.2) is 18.1 Å². The molecule has 0 radical (unpaired) electrons. The number of aryl methyl sites for hydroxylation is 1. The number of nitrogens with one attached hydrogen (secondary N) is 1. The number of pyridine rings is 1. The highest BCUT2D eigenvalue weighted by Crippen LogP contribution is 2.22. The first-order valence-electron chi connectivity index (χ1n) is 6.49. The third-order valence-electron chi connectivity index (χ3n) is 3.59. The van der Waals surface area contributed by atoms with Crippen LogP contribution in [0.5, 0.6) is 0 Å². The minimum absolute atomic E-state index is 1.06. The Hall–Kier alpha value is -1.41. The molecule has 0 atom stereocenters. The summed E-state index contributed by atoms with van der Waals surface area (Å²) in [6.45, 7) is 4.33. The molecule has 1 aromatic carbocycles. The van der Waals surface area contributed by atoms with Gasteiger partial charge in [0.25, 0.3) is 0 Å². The van der Waals surface area contributed by atoms with Crippen LogP contribution in [0.25, 0.3) is 10.9 Å². The Morgan fingerprint density at radius 1 is 1.24 bits per heavy atom. The molecule has 3 rings (SSSR count). The van der Waals surface area contributed by atoms with Gasteiger partial charge in [-0.25, -0.2) is 0 Å². The molecule has 0 saturated carbocycles. The van der Waals surface area contributed by atoms with Crippen LogP contribution in [0, 0.1) is 0 Å². The molecule has 2 nitrogen and oxygen atoms in total. The molecule has 0 amide bonds. The summed E-state index contributed by atoms with van der Waals surface area (Å²) in [5.74, 6) is 0. The highest BCUT2D eigenvalue weighted by molar-refractivity contribution is 5.82. The lowest BCUT2D eigenvalue weighted by atomic mass is 10.0. The number of nitrogens with zero attached hydrogens (tertiary/aromatic N) is 1. The fraction of sp³-hybridized carbons (Fsp3) is 0.400. The van der Waals surface area contributed by atoms with Crippen molar-refractivity contribution in [1.82, 2.24) is 10.3 Å². The van der Waals surface area contributed by atoms with E-state index in [0.29, 0.717) is 0 Å². The van der Waals surface area contributed by atoms with Gasteiger partial charge in [-0.1, -0.05) is 25.1 Å². The number of hydrogen-bond donors (Lipinski definition) is 1. The minimum Gasteiger partial charge on any atom is -0.316 e. The SMILES string of the molecule is CCc1cccc2cc3c(nc12)CCNCC3. The van der Waals surface area contributed by atoms with E-state index in [1.54, 1.807) is 0 Å². The van der Waals surface area contributed by atoms with Crippen LogP contribution < -0.4 is 5.32 Å². The molecule has 0 fully saturated rings. The van der Waals surface area contributed by atoms with E-state index < -0.39 is 0 Å². The zero-order valence-corrected chi connectivity index (χ0v) is 10.3. The lowest BCUT2D eigenvalue weighted by Crippen LogP contribution is -2.16. The van der Waals surface area contributed by atoms with Crippen molar-refractivity contribution in [2.75, 3.05) is 13.1 Å². The van der Waals surface area contributed by atoms with E-state index in [9.17, 15) is 0 Å². The fourth-order valence-corrected chi connectivity index (χ4v) is 2.61. The smallest absolute Gasteiger partial charge is 0.0737 e. The Labute approximate surface area is 102 Å². The maximum Gasteiger partial charge on any atom is 0.0737 e. The van der Waals surface area contributed by atoms with Crippen molar-refractivity contribution in [3.63, 3.8) is 0 Å². The van der Waals surface area contributed by atoms with Gasteiger partial charge in [0.2, 0.25) is 0 Å². The second kappa shape index (κ2) is 4.46. The summed E-state index contributed by atoms with van der Waals surface area (Å²) in [4.78, 5) is 4.91. The lowest BCUT2D eigenvalue weighted by molar-refractivity contribution is 0.708. The Morgan fingerprint density at radius 2 is 2.12 bits per heavy atom. The van der Waals surface area contributed by atoms with Gasteiger partial charge in [0.05, 0.1) is 5.52 Å². The van der Waals surface area contributed by atoms with Crippen molar-refractivity contribution in [3.05, 3.63) is 41.1 Å². The summed E-state index contributed by atoms with van der Waals surface area (Å²) in [6.07, 6.45) is 3.22. The zero-order valence-electron chi connectivity index (χ0n) is 10.3. The maximum atomic E-state index is 4.91. The van der Waals surface area contributed by atoms with Crippen molar-refractivity contribution in [3.8, 4) is 0 Å². The van der Waals surface area contributed by atoms with Gasteiger partial charge in [-0.2, -0.15) is 0 Å². The molecule has 0 spiro atoms. The summed E-state index contributed by atoms with van der Waals surface area (Å²) in [5.41, 5.74) is 5.29. The molecule has 1 N–H and O–H groups in total. The summed E-state index contributed by atoms with van der Waals surface area (Å²) in [5, 5.41) is 4.73. The first-order valence-corrected chi connectivity index (χ1v) is 6.49. The second-order valence-electron chi connectivity index (χ2n) is 4.69. The fourth-order valence-electron chi connectivity index (χ4n) is 2.61. The third kappa shape index (κ3) is 1.93. The van der Waals surface area contributed by atoms with Crippen LogP contribution in [0.2, 0.25) is 0 Å². The Kier molecular flexibility index (Phi) is 2.81. The highest BCUT2D eigenvalue weighted by Gasteiger charge is 2.11. The number of para-hydroxylation sites is 1. The van der Waals surface area contributed by atoms with Crippen molar-refractivity contribution < 1.29 is 0 Å². The van der Waals surface area contributed by atoms with Gasteiger partial charge in [0.15, 0.2) is 0 Å². The Balaban J connectivity index is 2.22. The summed E-state index contributed by atoms with van der Waals surface area (Å²) < 4.78 is 0. The van der Waals surface area contributed by atoms with Gasteiger partial charge in [-0.15, -0.1) is 0 Å². The van der Waals surface area contributed by atoms with Crippen molar-refractivity contribution in [1.29, 1.82) is 0 Å². The standard InChI is InChI=1S/C15H18N2/c1-2-11-4-3-5-13-10-12-6-8-16-9-7-14(12)17-15(11)13/h3-5,10,16H,2,6-9H2,1H3. The van der Waals surface area contributed by atoms with Crippen molar-refractivity contribution >= 4 is 10.9 Å². The van der Waals surface area contributed by atoms with E-state index in [4.69, 9.17) is 4.98 Å². The number of hydrogen-bond acceptors (Lipinski definition) is 2. The topological polar surface area (TPSA) is 24.9 Å². The molecule has 2 heterocycles. The number of rotatable bonds is 1. The van der Waals surface area contributed by atoms with Crippen LogP contribution in [-0.2, 0) is 19.3 Å². The molecule has 88 valence electrons. The summed E-state index contributed by atoms with van der Waals surface area (Å²) >= 11 is 0. The normalized spacial score (nSPS) is 15.6. The Morgan fingerprint density at radius 3 is 3.00 bits per heavy atom. The molecule has 0 aliphatic carbocycles. The highest BCUT2D eigenvalue weighted by atomic mass is 14.9. The number of benzene rings is 1. The zero-order chi connectivity index (χ0) is 11.7. The molecule has 0 bridgehead atoms. The van der Waals surface area contributed by atoms with E-state index in [1.165, 1.54) is 27.7 Å². The van der Waals surface area contributed by atoms with Crippen LogP contribution >= 0.6 is 0 Å². The summed E-state index contributed by atoms with van der Waals surface area (Å²) in [6, 6.07) is 8.85. The lowest BCUT2D eigenvalue weighted by Gasteiger charge is -2.09. The van der Waals surface area contributed by atoms with Gasteiger partial charge < -0.3 is 5.32 Å². The van der Waals surface area contributed by atoms with Crippen LogP contribution in [0.1, 0.15) is 23.7 Å². The quantitative estimate of drug-likeness (QED) is 0.808. The van der Waals surface area contributed by atoms with E-state index in [-0.39, 0.29) is 0 Å². The average Bonchev–Trinajstić information content (AvgIpc) is 2.60.